The molecule has 1 aliphatic carbocycles. The molecule has 0 unspecified atom stereocenters. The minimum atomic E-state index is -0.439. The van der Waals surface area contributed by atoms with Crippen molar-refractivity contribution in [2.75, 3.05) is 0 Å². The highest BCUT2D eigenvalue weighted by Crippen LogP contribution is 2.26. The zero-order valence-electron chi connectivity index (χ0n) is 16.5. The predicted molar refractivity (Wildman–Crippen MR) is 110 cm³/mol. The van der Waals surface area contributed by atoms with Crippen LogP contribution in [0.4, 0.5) is 0 Å². The first-order chi connectivity index (χ1) is 13.2. The first kappa shape index (κ1) is 19.5. The van der Waals surface area contributed by atoms with E-state index in [4.69, 9.17) is 4.74 Å². The van der Waals surface area contributed by atoms with Gasteiger partial charge in [-0.25, -0.2) is 0 Å². The summed E-state index contributed by atoms with van der Waals surface area (Å²) in [5.74, 6) is 0.797. The van der Waals surface area contributed by atoms with Crippen LogP contribution in [0.15, 0.2) is 48.5 Å². The van der Waals surface area contributed by atoms with E-state index in [2.05, 4.69) is 48.6 Å². The van der Waals surface area contributed by atoms with E-state index in [9.17, 15) is 4.79 Å². The fourth-order valence-corrected chi connectivity index (χ4v) is 3.71. The number of amides is 1. The lowest BCUT2D eigenvalue weighted by atomic mass is 9.92. The minimum Gasteiger partial charge on any atom is -0.481 e. The Morgan fingerprint density at radius 3 is 2.56 bits per heavy atom. The Morgan fingerprint density at radius 2 is 1.81 bits per heavy atom. The first-order valence-corrected chi connectivity index (χ1v) is 10.3. The van der Waals surface area contributed by atoms with Crippen LogP contribution in [0.2, 0.25) is 0 Å². The van der Waals surface area contributed by atoms with Crippen LogP contribution >= 0.6 is 0 Å². The average Bonchev–Trinajstić information content (AvgIpc) is 2.71. The number of rotatable bonds is 8. The lowest BCUT2D eigenvalue weighted by Crippen LogP contribution is -2.42. The van der Waals surface area contributed by atoms with E-state index in [0.717, 1.165) is 31.4 Å². The highest BCUT2D eigenvalue weighted by atomic mass is 16.5. The molecule has 1 N–H and O–H groups in total. The monoisotopic (exact) mass is 365 g/mol. The van der Waals surface area contributed by atoms with Gasteiger partial charge in [-0.05, 0) is 80.7 Å². The van der Waals surface area contributed by atoms with E-state index in [1.54, 1.807) is 0 Å². The quantitative estimate of drug-likeness (QED) is 0.725. The molecule has 0 heterocycles. The van der Waals surface area contributed by atoms with Gasteiger partial charge in [0.25, 0.3) is 5.91 Å². The summed E-state index contributed by atoms with van der Waals surface area (Å²) in [5, 5.41) is 3.12. The van der Waals surface area contributed by atoms with Gasteiger partial charge in [0.15, 0.2) is 6.10 Å². The second-order valence-corrected chi connectivity index (χ2v) is 7.59. The average molecular weight is 366 g/mol. The van der Waals surface area contributed by atoms with Crippen LogP contribution in [0.3, 0.4) is 0 Å². The molecule has 0 fully saturated rings. The van der Waals surface area contributed by atoms with Gasteiger partial charge in [-0.2, -0.15) is 0 Å². The summed E-state index contributed by atoms with van der Waals surface area (Å²) in [6.45, 7) is 4.06. The number of carbonyl (C=O) groups excluding carboxylic acids is 1. The van der Waals surface area contributed by atoms with Gasteiger partial charge in [-0.15, -0.1) is 0 Å². The fourth-order valence-electron chi connectivity index (χ4n) is 3.71. The Hall–Kier alpha value is -2.29. The number of aryl methyl sites for hydroxylation is 3. The summed E-state index contributed by atoms with van der Waals surface area (Å²) in [6, 6.07) is 16.8. The molecule has 144 valence electrons. The van der Waals surface area contributed by atoms with Crippen molar-refractivity contribution in [3.8, 4) is 5.75 Å². The third-order valence-corrected chi connectivity index (χ3v) is 5.36. The summed E-state index contributed by atoms with van der Waals surface area (Å²) in [7, 11) is 0. The lowest BCUT2D eigenvalue weighted by Gasteiger charge is -2.22. The van der Waals surface area contributed by atoms with E-state index in [1.807, 2.05) is 19.1 Å². The van der Waals surface area contributed by atoms with E-state index < -0.39 is 6.10 Å². The van der Waals surface area contributed by atoms with Gasteiger partial charge >= 0.3 is 0 Å². The number of ether oxygens (including phenoxy) is 1. The molecule has 0 aromatic heterocycles. The minimum absolute atomic E-state index is 0.0178. The van der Waals surface area contributed by atoms with Crippen LogP contribution in [0.25, 0.3) is 0 Å². The molecule has 0 radical (unpaired) electrons. The largest absolute Gasteiger partial charge is 0.481 e. The molecule has 2 aromatic carbocycles. The molecule has 3 rings (SSSR count). The van der Waals surface area contributed by atoms with Crippen LogP contribution in [-0.2, 0) is 24.1 Å². The number of benzene rings is 2. The molecule has 1 amide bonds. The topological polar surface area (TPSA) is 38.3 Å². The van der Waals surface area contributed by atoms with Gasteiger partial charge in [-0.1, -0.05) is 43.3 Å². The number of carbonyl (C=O) groups is 1. The van der Waals surface area contributed by atoms with Crippen molar-refractivity contribution in [3.05, 3.63) is 65.2 Å². The molecule has 2 aromatic rings. The molecule has 27 heavy (non-hydrogen) atoms. The number of hydrogen-bond acceptors (Lipinski definition) is 2. The summed E-state index contributed by atoms with van der Waals surface area (Å²) in [6.07, 6.45) is 6.90. The standard InChI is InChI=1S/C24H31NO2/c1-3-23(27-22-16-15-20-11-7-8-12-21(20)17-22)24(26)25-18(2)13-14-19-9-5-4-6-10-19/h4-6,9-10,15-18,23H,3,7-8,11-14H2,1-2H3,(H,25,26)/t18-,23-/m0/s1. The third kappa shape index (κ3) is 5.59. The number of nitrogens with one attached hydrogen (secondary N) is 1. The highest BCUT2D eigenvalue weighted by molar-refractivity contribution is 5.81. The lowest BCUT2D eigenvalue weighted by molar-refractivity contribution is -0.128. The van der Waals surface area contributed by atoms with Gasteiger partial charge in [0.1, 0.15) is 5.75 Å². The second-order valence-electron chi connectivity index (χ2n) is 7.59. The molecule has 0 spiro atoms. The maximum Gasteiger partial charge on any atom is 0.261 e. The van der Waals surface area contributed by atoms with Crippen LogP contribution in [-0.4, -0.2) is 18.1 Å². The summed E-state index contributed by atoms with van der Waals surface area (Å²) < 4.78 is 6.04. The summed E-state index contributed by atoms with van der Waals surface area (Å²) in [4.78, 5) is 12.7. The maximum absolute atomic E-state index is 12.7. The van der Waals surface area contributed by atoms with Gasteiger partial charge in [0.2, 0.25) is 0 Å². The fraction of sp³-hybridized carbons (Fsp3) is 0.458. The smallest absolute Gasteiger partial charge is 0.261 e. The predicted octanol–water partition coefficient (Wildman–Crippen LogP) is 4.86. The molecule has 0 aliphatic heterocycles. The SMILES string of the molecule is CC[C@H](Oc1ccc2c(c1)CCCC2)C(=O)N[C@@H](C)CCc1ccccc1. The summed E-state index contributed by atoms with van der Waals surface area (Å²) in [5.41, 5.74) is 4.11. The zero-order valence-corrected chi connectivity index (χ0v) is 16.5. The van der Waals surface area contributed by atoms with Crippen molar-refractivity contribution in [3.63, 3.8) is 0 Å². The Labute approximate surface area is 163 Å². The number of hydrogen-bond donors (Lipinski definition) is 1. The molecule has 0 saturated carbocycles. The molecule has 2 atom stereocenters. The van der Waals surface area contributed by atoms with E-state index in [0.29, 0.717) is 6.42 Å². The second kappa shape index (κ2) is 9.59. The van der Waals surface area contributed by atoms with Gasteiger partial charge in [0, 0.05) is 6.04 Å². The molecule has 0 bridgehead atoms. The van der Waals surface area contributed by atoms with Crippen LogP contribution < -0.4 is 10.1 Å². The molecule has 3 nitrogen and oxygen atoms in total. The molecule has 3 heteroatoms. The van der Waals surface area contributed by atoms with Crippen molar-refractivity contribution in [1.82, 2.24) is 5.32 Å². The summed E-state index contributed by atoms with van der Waals surface area (Å²) >= 11 is 0. The van der Waals surface area contributed by atoms with Gasteiger partial charge < -0.3 is 10.1 Å². The zero-order chi connectivity index (χ0) is 19.1. The van der Waals surface area contributed by atoms with Gasteiger partial charge in [-0.3, -0.25) is 4.79 Å². The molecule has 1 aliphatic rings. The van der Waals surface area contributed by atoms with Crippen LogP contribution in [0, 0.1) is 0 Å². The van der Waals surface area contributed by atoms with Crippen molar-refractivity contribution >= 4 is 5.91 Å². The van der Waals surface area contributed by atoms with Crippen molar-refractivity contribution in [2.45, 2.75) is 70.9 Å². The van der Waals surface area contributed by atoms with Crippen molar-refractivity contribution < 1.29 is 9.53 Å². The highest BCUT2D eigenvalue weighted by Gasteiger charge is 2.21. The third-order valence-electron chi connectivity index (χ3n) is 5.36. The normalized spacial score (nSPS) is 15.5. The van der Waals surface area contributed by atoms with E-state index >= 15 is 0 Å². The van der Waals surface area contributed by atoms with E-state index in [-0.39, 0.29) is 11.9 Å². The Balaban J connectivity index is 1.52. The van der Waals surface area contributed by atoms with E-state index in [1.165, 1.54) is 29.5 Å². The number of fused-ring (bicyclic) bond motifs is 1. The van der Waals surface area contributed by atoms with Crippen molar-refractivity contribution in [2.24, 2.45) is 0 Å². The maximum atomic E-state index is 12.7. The van der Waals surface area contributed by atoms with Gasteiger partial charge in [0.05, 0.1) is 0 Å². The first-order valence-electron chi connectivity index (χ1n) is 10.3. The molecular formula is C24H31NO2. The Morgan fingerprint density at radius 1 is 1.07 bits per heavy atom. The van der Waals surface area contributed by atoms with Crippen LogP contribution in [0.5, 0.6) is 5.75 Å². The van der Waals surface area contributed by atoms with Crippen LogP contribution in [0.1, 0.15) is 56.2 Å². The Kier molecular flexibility index (Phi) is 6.92. The molecular weight excluding hydrogens is 334 g/mol. The Bertz CT molecular complexity index is 741. The molecule has 0 saturated heterocycles. The van der Waals surface area contributed by atoms with Crippen molar-refractivity contribution in [1.29, 1.82) is 0 Å².